The highest BCUT2D eigenvalue weighted by atomic mass is 16.6. The fraction of sp³-hybridized carbons (Fsp3) is 0.278. The first-order valence-electron chi connectivity index (χ1n) is 8.37. The first-order chi connectivity index (χ1) is 12.7. The number of hydrogen-bond donors (Lipinski definition) is 2. The largest absolute Gasteiger partial charge is 0.486 e. The van der Waals surface area contributed by atoms with Gasteiger partial charge in [-0.25, -0.2) is 9.78 Å². The lowest BCUT2D eigenvalue weighted by atomic mass is 10.2. The lowest BCUT2D eigenvalue weighted by molar-refractivity contribution is -0.117. The van der Waals surface area contributed by atoms with Gasteiger partial charge in [-0.2, -0.15) is 0 Å². The summed E-state index contributed by atoms with van der Waals surface area (Å²) in [5.41, 5.74) is 0.730. The Bertz CT molecular complexity index is 827. The molecule has 26 heavy (non-hydrogen) atoms. The number of carbonyl (C=O) groups excluding carboxylic acids is 2. The van der Waals surface area contributed by atoms with Crippen LogP contribution in [0.25, 0.3) is 0 Å². The van der Waals surface area contributed by atoms with Gasteiger partial charge in [-0.1, -0.05) is 6.07 Å². The summed E-state index contributed by atoms with van der Waals surface area (Å²) in [4.78, 5) is 30.1. The molecule has 3 amide bonds. The summed E-state index contributed by atoms with van der Waals surface area (Å²) in [6.45, 7) is 1.41. The number of fused-ring (bicyclic) bond motifs is 1. The van der Waals surface area contributed by atoms with E-state index in [1.54, 1.807) is 41.4 Å². The van der Waals surface area contributed by atoms with Crippen molar-refractivity contribution in [2.75, 3.05) is 30.0 Å². The Morgan fingerprint density at radius 2 is 2.00 bits per heavy atom. The van der Waals surface area contributed by atoms with E-state index in [1.165, 1.54) is 0 Å². The second-order valence-electron chi connectivity index (χ2n) is 6.05. The van der Waals surface area contributed by atoms with Gasteiger partial charge in [0, 0.05) is 30.9 Å². The third-order valence-electron chi connectivity index (χ3n) is 4.20. The van der Waals surface area contributed by atoms with Crippen LogP contribution >= 0.6 is 0 Å². The van der Waals surface area contributed by atoms with Gasteiger partial charge in [-0.05, 0) is 24.3 Å². The molecule has 134 valence electrons. The van der Waals surface area contributed by atoms with E-state index in [-0.39, 0.29) is 24.4 Å². The second kappa shape index (κ2) is 6.91. The molecule has 0 saturated carbocycles. The Hall–Kier alpha value is -3.29. The molecule has 3 heterocycles. The number of aromatic nitrogens is 1. The third-order valence-corrected chi connectivity index (χ3v) is 4.20. The van der Waals surface area contributed by atoms with Crippen molar-refractivity contribution in [2.45, 2.75) is 12.5 Å². The number of carbonyl (C=O) groups is 2. The van der Waals surface area contributed by atoms with Gasteiger partial charge in [0.05, 0.1) is 6.04 Å². The Morgan fingerprint density at radius 3 is 2.81 bits per heavy atom. The highest BCUT2D eigenvalue weighted by molar-refractivity contribution is 5.97. The van der Waals surface area contributed by atoms with Crippen molar-refractivity contribution in [3.8, 4) is 11.5 Å². The van der Waals surface area contributed by atoms with Crippen LogP contribution in [0.3, 0.4) is 0 Å². The molecule has 2 aliphatic heterocycles. The molecule has 1 fully saturated rings. The zero-order valence-corrected chi connectivity index (χ0v) is 14.0. The molecule has 4 rings (SSSR count). The highest BCUT2D eigenvalue weighted by Crippen LogP contribution is 2.35. The number of urea groups is 1. The van der Waals surface area contributed by atoms with Gasteiger partial charge >= 0.3 is 6.03 Å². The molecule has 1 aromatic heterocycles. The van der Waals surface area contributed by atoms with Crippen LogP contribution < -0.4 is 25.0 Å². The molecule has 0 spiro atoms. The number of rotatable bonds is 3. The summed E-state index contributed by atoms with van der Waals surface area (Å²) in [5, 5.41) is 5.46. The molecule has 8 heteroatoms. The summed E-state index contributed by atoms with van der Waals surface area (Å²) >= 11 is 0. The van der Waals surface area contributed by atoms with Crippen molar-refractivity contribution >= 4 is 23.4 Å². The summed E-state index contributed by atoms with van der Waals surface area (Å²) in [6, 6.07) is 10.00. The number of amides is 3. The molecule has 2 aromatic rings. The zero-order chi connectivity index (χ0) is 17.9. The van der Waals surface area contributed by atoms with Gasteiger partial charge in [0.2, 0.25) is 5.91 Å². The van der Waals surface area contributed by atoms with E-state index in [1.807, 2.05) is 6.07 Å². The van der Waals surface area contributed by atoms with Crippen LogP contribution in [0.15, 0.2) is 42.6 Å². The minimum absolute atomic E-state index is 0.0511. The van der Waals surface area contributed by atoms with E-state index in [2.05, 4.69) is 15.6 Å². The van der Waals surface area contributed by atoms with Crippen LogP contribution in [0.4, 0.5) is 16.3 Å². The molecular weight excluding hydrogens is 336 g/mol. The molecule has 0 radical (unpaired) electrons. The Kier molecular flexibility index (Phi) is 4.30. The van der Waals surface area contributed by atoms with Crippen molar-refractivity contribution in [3.63, 3.8) is 0 Å². The predicted octanol–water partition coefficient (Wildman–Crippen LogP) is 1.78. The van der Waals surface area contributed by atoms with E-state index in [9.17, 15) is 9.59 Å². The predicted molar refractivity (Wildman–Crippen MR) is 94.6 cm³/mol. The van der Waals surface area contributed by atoms with Crippen LogP contribution in [0, 0.1) is 0 Å². The van der Waals surface area contributed by atoms with E-state index in [0.29, 0.717) is 37.1 Å². The van der Waals surface area contributed by atoms with E-state index >= 15 is 0 Å². The first kappa shape index (κ1) is 16.2. The molecular formula is C18H18N4O4. The number of anilines is 2. The fourth-order valence-corrected chi connectivity index (χ4v) is 3.03. The second-order valence-corrected chi connectivity index (χ2v) is 6.05. The van der Waals surface area contributed by atoms with E-state index in [4.69, 9.17) is 9.47 Å². The molecule has 0 bridgehead atoms. The summed E-state index contributed by atoms with van der Waals surface area (Å²) in [7, 11) is 0. The molecule has 8 nitrogen and oxygen atoms in total. The SMILES string of the molecule is O=C(Nc1ccccn1)N[C@@H]1CC(=O)N(c2ccc3c(c2)OCCO3)C1. The van der Waals surface area contributed by atoms with Crippen molar-refractivity contribution in [1.82, 2.24) is 10.3 Å². The average molecular weight is 354 g/mol. The average Bonchev–Trinajstić information content (AvgIpc) is 3.02. The fourth-order valence-electron chi connectivity index (χ4n) is 3.03. The zero-order valence-electron chi connectivity index (χ0n) is 14.0. The standard InChI is InChI=1S/C18H18N4O4/c23-17-9-12(20-18(24)21-16-3-1-2-6-19-16)11-22(17)13-4-5-14-15(10-13)26-8-7-25-14/h1-6,10,12H,7-9,11H2,(H2,19,20,21,24)/t12-/m1/s1. The van der Waals surface area contributed by atoms with E-state index in [0.717, 1.165) is 5.69 Å². The van der Waals surface area contributed by atoms with Gasteiger partial charge < -0.3 is 19.7 Å². The van der Waals surface area contributed by atoms with Crippen molar-refractivity contribution < 1.29 is 19.1 Å². The van der Waals surface area contributed by atoms with E-state index < -0.39 is 0 Å². The van der Waals surface area contributed by atoms with Gasteiger partial charge in [0.1, 0.15) is 19.0 Å². The van der Waals surface area contributed by atoms with Gasteiger partial charge in [-0.3, -0.25) is 10.1 Å². The van der Waals surface area contributed by atoms with Crippen LogP contribution in [-0.2, 0) is 4.79 Å². The molecule has 1 saturated heterocycles. The number of ether oxygens (including phenoxy) is 2. The van der Waals surface area contributed by atoms with Gasteiger partial charge in [0.15, 0.2) is 11.5 Å². The summed E-state index contributed by atoms with van der Waals surface area (Å²) < 4.78 is 11.1. The number of pyridine rings is 1. The third kappa shape index (κ3) is 3.39. The molecule has 2 aliphatic rings. The monoisotopic (exact) mass is 354 g/mol. The minimum atomic E-state index is -0.384. The van der Waals surface area contributed by atoms with Crippen LogP contribution in [0.2, 0.25) is 0 Å². The molecule has 1 aromatic carbocycles. The van der Waals surface area contributed by atoms with Crippen LogP contribution in [0.5, 0.6) is 11.5 Å². The Labute approximate surface area is 150 Å². The van der Waals surface area contributed by atoms with Crippen molar-refractivity contribution in [3.05, 3.63) is 42.6 Å². The molecule has 2 N–H and O–H groups in total. The highest BCUT2D eigenvalue weighted by Gasteiger charge is 2.32. The van der Waals surface area contributed by atoms with Crippen LogP contribution in [0.1, 0.15) is 6.42 Å². The molecule has 0 unspecified atom stereocenters. The number of hydrogen-bond acceptors (Lipinski definition) is 5. The Morgan fingerprint density at radius 1 is 1.15 bits per heavy atom. The Balaban J connectivity index is 1.40. The maximum atomic E-state index is 12.4. The smallest absolute Gasteiger partial charge is 0.320 e. The first-order valence-corrected chi connectivity index (χ1v) is 8.37. The van der Waals surface area contributed by atoms with Gasteiger partial charge in [0.25, 0.3) is 0 Å². The van der Waals surface area contributed by atoms with Crippen molar-refractivity contribution in [2.24, 2.45) is 0 Å². The quantitative estimate of drug-likeness (QED) is 0.876. The van der Waals surface area contributed by atoms with Crippen molar-refractivity contribution in [1.29, 1.82) is 0 Å². The van der Waals surface area contributed by atoms with Crippen LogP contribution in [-0.4, -0.2) is 42.7 Å². The number of benzene rings is 1. The minimum Gasteiger partial charge on any atom is -0.486 e. The lowest BCUT2D eigenvalue weighted by Crippen LogP contribution is -2.39. The normalized spacial score (nSPS) is 18.5. The number of nitrogens with one attached hydrogen (secondary N) is 2. The summed E-state index contributed by atoms with van der Waals surface area (Å²) in [6.07, 6.45) is 1.84. The number of nitrogens with zero attached hydrogens (tertiary/aromatic N) is 2. The molecule has 0 aliphatic carbocycles. The van der Waals surface area contributed by atoms with Gasteiger partial charge in [-0.15, -0.1) is 0 Å². The maximum Gasteiger partial charge on any atom is 0.320 e. The molecule has 1 atom stereocenters. The topological polar surface area (TPSA) is 92.8 Å². The summed E-state index contributed by atoms with van der Waals surface area (Å²) in [5.74, 6) is 1.71. The maximum absolute atomic E-state index is 12.4. The lowest BCUT2D eigenvalue weighted by Gasteiger charge is -2.22.